The van der Waals surface area contributed by atoms with Crippen LogP contribution in [-0.4, -0.2) is 17.4 Å². The molecule has 0 bridgehead atoms. The first-order chi connectivity index (χ1) is 10.2. The fraction of sp³-hybridized carbons (Fsp3) is 0.412. The first-order valence-electron chi connectivity index (χ1n) is 7.57. The molecule has 0 unspecified atom stereocenters. The quantitative estimate of drug-likeness (QED) is 0.503. The molecule has 0 heterocycles. The van der Waals surface area contributed by atoms with Crippen molar-refractivity contribution in [3.63, 3.8) is 0 Å². The van der Waals surface area contributed by atoms with Gasteiger partial charge >= 0.3 is 0 Å². The van der Waals surface area contributed by atoms with Gasteiger partial charge < -0.3 is 5.32 Å². The smallest absolute Gasteiger partial charge is 0.187 e. The number of rotatable bonds is 4. The summed E-state index contributed by atoms with van der Waals surface area (Å²) in [5.41, 5.74) is 5.14. The van der Waals surface area contributed by atoms with Gasteiger partial charge in [0, 0.05) is 6.04 Å². The molecule has 0 aromatic heterocycles. The van der Waals surface area contributed by atoms with Gasteiger partial charge in [-0.1, -0.05) is 55.7 Å². The molecule has 0 atom stereocenters. The van der Waals surface area contributed by atoms with E-state index < -0.39 is 0 Å². The molecule has 3 nitrogen and oxygen atoms in total. The van der Waals surface area contributed by atoms with Crippen molar-refractivity contribution in [2.75, 3.05) is 0 Å². The number of nitrogens with one attached hydrogen (secondary N) is 2. The summed E-state index contributed by atoms with van der Waals surface area (Å²) < 4.78 is 0. The molecule has 0 aliphatic heterocycles. The second-order valence-electron chi connectivity index (χ2n) is 5.48. The van der Waals surface area contributed by atoms with Crippen molar-refractivity contribution in [3.05, 3.63) is 41.5 Å². The molecule has 1 aromatic rings. The van der Waals surface area contributed by atoms with E-state index in [1.165, 1.54) is 37.7 Å². The van der Waals surface area contributed by atoms with E-state index in [-0.39, 0.29) is 0 Å². The van der Waals surface area contributed by atoms with Crippen LogP contribution in [0.3, 0.4) is 0 Å². The van der Waals surface area contributed by atoms with Crippen molar-refractivity contribution in [2.45, 2.75) is 45.1 Å². The van der Waals surface area contributed by atoms with Crippen LogP contribution in [0.15, 0.2) is 41.0 Å². The maximum Gasteiger partial charge on any atom is 0.187 e. The van der Waals surface area contributed by atoms with E-state index in [4.69, 9.17) is 12.2 Å². The maximum atomic E-state index is 5.26. The Bertz CT molecular complexity index is 502. The van der Waals surface area contributed by atoms with Crippen LogP contribution in [0, 0.1) is 0 Å². The molecule has 1 aliphatic carbocycles. The summed E-state index contributed by atoms with van der Waals surface area (Å²) in [7, 11) is 0. The number of allylic oxidation sites excluding steroid dienone is 1. The zero-order valence-corrected chi connectivity index (χ0v) is 13.3. The number of thiocarbonyl (C=S) groups is 1. The molecular weight excluding hydrogens is 278 g/mol. The van der Waals surface area contributed by atoms with E-state index in [1.807, 2.05) is 25.1 Å². The third kappa shape index (κ3) is 6.08. The molecule has 2 rings (SSSR count). The topological polar surface area (TPSA) is 36.4 Å². The van der Waals surface area contributed by atoms with E-state index in [9.17, 15) is 0 Å². The van der Waals surface area contributed by atoms with Gasteiger partial charge in [0.15, 0.2) is 5.11 Å². The molecule has 4 heteroatoms. The van der Waals surface area contributed by atoms with Crippen molar-refractivity contribution < 1.29 is 0 Å². The summed E-state index contributed by atoms with van der Waals surface area (Å²) in [6, 6.07) is 10.7. The van der Waals surface area contributed by atoms with Crippen molar-refractivity contribution in [2.24, 2.45) is 5.10 Å². The Morgan fingerprint density at radius 3 is 2.62 bits per heavy atom. The highest BCUT2D eigenvalue weighted by Gasteiger charge is 2.13. The van der Waals surface area contributed by atoms with Crippen molar-refractivity contribution in [3.8, 4) is 0 Å². The van der Waals surface area contributed by atoms with Crippen LogP contribution in [0.25, 0.3) is 6.08 Å². The number of nitrogens with zero attached hydrogens (tertiary/aromatic N) is 1. The third-order valence-corrected chi connectivity index (χ3v) is 3.78. The van der Waals surface area contributed by atoms with E-state index in [0.29, 0.717) is 11.2 Å². The summed E-state index contributed by atoms with van der Waals surface area (Å²) in [4.78, 5) is 0. The Morgan fingerprint density at radius 2 is 1.90 bits per heavy atom. The molecule has 1 fully saturated rings. The van der Waals surface area contributed by atoms with Crippen LogP contribution in [0.5, 0.6) is 0 Å². The Labute approximate surface area is 132 Å². The van der Waals surface area contributed by atoms with Crippen LogP contribution in [0.1, 0.15) is 44.6 Å². The Morgan fingerprint density at radius 1 is 1.19 bits per heavy atom. The van der Waals surface area contributed by atoms with Crippen LogP contribution in [0.2, 0.25) is 0 Å². The normalized spacial score (nSPS) is 16.9. The fourth-order valence-corrected chi connectivity index (χ4v) is 2.73. The lowest BCUT2D eigenvalue weighted by Gasteiger charge is -2.23. The van der Waals surface area contributed by atoms with Gasteiger partial charge in [-0.15, -0.1) is 0 Å². The van der Waals surface area contributed by atoms with Gasteiger partial charge in [0.2, 0.25) is 0 Å². The second kappa shape index (κ2) is 8.57. The van der Waals surface area contributed by atoms with Gasteiger partial charge in [-0.25, -0.2) is 0 Å². The van der Waals surface area contributed by atoms with Crippen molar-refractivity contribution >= 4 is 29.6 Å². The first kappa shape index (κ1) is 15.7. The molecule has 0 amide bonds. The van der Waals surface area contributed by atoms with Gasteiger partial charge in [-0.3, -0.25) is 5.43 Å². The van der Waals surface area contributed by atoms with Gasteiger partial charge in [-0.05, 0) is 43.1 Å². The van der Waals surface area contributed by atoms with Crippen molar-refractivity contribution in [1.82, 2.24) is 10.7 Å². The molecule has 0 radical (unpaired) electrons. The summed E-state index contributed by atoms with van der Waals surface area (Å²) in [6.07, 6.45) is 10.2. The number of hydrogen-bond acceptors (Lipinski definition) is 2. The van der Waals surface area contributed by atoms with Gasteiger partial charge in [-0.2, -0.15) is 5.10 Å². The predicted octanol–water partition coefficient (Wildman–Crippen LogP) is 3.87. The van der Waals surface area contributed by atoms with E-state index in [1.54, 1.807) is 6.21 Å². The summed E-state index contributed by atoms with van der Waals surface area (Å²) in [5.74, 6) is 0. The minimum atomic E-state index is 0.509. The molecule has 2 N–H and O–H groups in total. The van der Waals surface area contributed by atoms with Crippen LogP contribution < -0.4 is 10.7 Å². The summed E-state index contributed by atoms with van der Waals surface area (Å²) >= 11 is 5.26. The minimum absolute atomic E-state index is 0.509. The lowest BCUT2D eigenvalue weighted by Crippen LogP contribution is -2.40. The number of benzene rings is 1. The first-order valence-corrected chi connectivity index (χ1v) is 7.98. The monoisotopic (exact) mass is 301 g/mol. The third-order valence-electron chi connectivity index (χ3n) is 3.57. The molecule has 0 saturated heterocycles. The highest BCUT2D eigenvalue weighted by Crippen LogP contribution is 2.17. The SMILES string of the molecule is CC(/C=N/NC(=S)NC1CCCCC1)=C\c1ccccc1. The zero-order chi connectivity index (χ0) is 14.9. The molecule has 0 spiro atoms. The summed E-state index contributed by atoms with van der Waals surface area (Å²) in [5, 5.41) is 8.13. The minimum Gasteiger partial charge on any atom is -0.359 e. The van der Waals surface area contributed by atoms with Gasteiger partial charge in [0.05, 0.1) is 6.21 Å². The molecule has 1 saturated carbocycles. The Balaban J connectivity index is 1.76. The molecular formula is C17H23N3S. The summed E-state index contributed by atoms with van der Waals surface area (Å²) in [6.45, 7) is 2.02. The van der Waals surface area contributed by atoms with Crippen LogP contribution in [0.4, 0.5) is 0 Å². The Kier molecular flexibility index (Phi) is 6.41. The molecule has 21 heavy (non-hydrogen) atoms. The lowest BCUT2D eigenvalue weighted by atomic mass is 9.96. The van der Waals surface area contributed by atoms with Crippen LogP contribution in [-0.2, 0) is 0 Å². The fourth-order valence-electron chi connectivity index (χ4n) is 2.51. The predicted molar refractivity (Wildman–Crippen MR) is 94.3 cm³/mol. The highest BCUT2D eigenvalue weighted by atomic mass is 32.1. The second-order valence-corrected chi connectivity index (χ2v) is 5.89. The van der Waals surface area contributed by atoms with E-state index in [0.717, 1.165) is 5.57 Å². The average Bonchev–Trinajstić information content (AvgIpc) is 2.49. The average molecular weight is 301 g/mol. The van der Waals surface area contributed by atoms with Crippen LogP contribution >= 0.6 is 12.2 Å². The zero-order valence-electron chi connectivity index (χ0n) is 12.5. The molecule has 1 aliphatic rings. The Hall–Kier alpha value is -1.68. The van der Waals surface area contributed by atoms with E-state index >= 15 is 0 Å². The molecule has 112 valence electrons. The van der Waals surface area contributed by atoms with Gasteiger partial charge in [0.25, 0.3) is 0 Å². The lowest BCUT2D eigenvalue weighted by molar-refractivity contribution is 0.412. The number of hydrazone groups is 1. The largest absolute Gasteiger partial charge is 0.359 e. The maximum absolute atomic E-state index is 5.26. The molecule has 1 aromatic carbocycles. The van der Waals surface area contributed by atoms with E-state index in [2.05, 4.69) is 34.1 Å². The number of hydrogen-bond donors (Lipinski definition) is 2. The highest BCUT2D eigenvalue weighted by molar-refractivity contribution is 7.80. The van der Waals surface area contributed by atoms with Crippen molar-refractivity contribution in [1.29, 1.82) is 0 Å². The standard InChI is InChI=1S/C17H23N3S/c1-14(12-15-8-4-2-5-9-15)13-18-20-17(21)19-16-10-6-3-7-11-16/h2,4-5,8-9,12-13,16H,3,6-7,10-11H2,1H3,(H2,19,20,21)/b14-12+,18-13+. The van der Waals surface area contributed by atoms with Gasteiger partial charge in [0.1, 0.15) is 0 Å².